The van der Waals surface area contributed by atoms with Gasteiger partial charge >= 0.3 is 0 Å². The van der Waals surface area contributed by atoms with Crippen molar-refractivity contribution in [2.75, 3.05) is 18.5 Å². The van der Waals surface area contributed by atoms with Crippen LogP contribution in [0.1, 0.15) is 30.4 Å². The van der Waals surface area contributed by atoms with Gasteiger partial charge in [0.1, 0.15) is 24.3 Å². The summed E-state index contributed by atoms with van der Waals surface area (Å²) in [5, 5.41) is 13.5. The van der Waals surface area contributed by atoms with Crippen molar-refractivity contribution in [3.63, 3.8) is 0 Å². The predicted octanol–water partition coefficient (Wildman–Crippen LogP) is 3.96. The Hall–Kier alpha value is -1.52. The summed E-state index contributed by atoms with van der Waals surface area (Å²) >= 11 is 1.99. The Balaban J connectivity index is 1.75. The second kappa shape index (κ2) is 7.96. The number of fused-ring (bicyclic) bond motifs is 1. The van der Waals surface area contributed by atoms with Crippen LogP contribution in [0.5, 0.6) is 5.75 Å². The fourth-order valence-corrected chi connectivity index (χ4v) is 4.28. The van der Waals surface area contributed by atoms with Gasteiger partial charge < -0.3 is 20.9 Å². The summed E-state index contributed by atoms with van der Waals surface area (Å²) in [6.45, 7) is 0.366. The first kappa shape index (κ1) is 20.7. The molecule has 1 aliphatic heterocycles. The molecule has 8 heteroatoms. The van der Waals surface area contributed by atoms with E-state index in [0.29, 0.717) is 22.2 Å². The molecule has 2 atom stereocenters. The van der Waals surface area contributed by atoms with Gasteiger partial charge in [-0.05, 0) is 65.0 Å². The Kier molecular flexibility index (Phi) is 5.69. The molecule has 1 fully saturated rings. The number of rotatable bonds is 2. The van der Waals surface area contributed by atoms with Gasteiger partial charge in [-0.3, -0.25) is 0 Å². The highest BCUT2D eigenvalue weighted by atomic mass is 127. The molecular formula is C21H22F3IN2O2. The van der Waals surface area contributed by atoms with E-state index in [1.165, 1.54) is 6.07 Å². The van der Waals surface area contributed by atoms with Crippen LogP contribution in [-0.4, -0.2) is 30.4 Å². The molecule has 0 radical (unpaired) electrons. The third kappa shape index (κ3) is 4.34. The molecule has 1 heterocycles. The van der Waals surface area contributed by atoms with Gasteiger partial charge in [0, 0.05) is 34.2 Å². The Morgan fingerprint density at radius 2 is 1.97 bits per heavy atom. The van der Waals surface area contributed by atoms with Crippen molar-refractivity contribution in [2.45, 2.75) is 37.8 Å². The number of ether oxygens (including phenoxy) is 1. The second-order valence-electron chi connectivity index (χ2n) is 8.04. The lowest BCUT2D eigenvalue weighted by Gasteiger charge is -2.29. The van der Waals surface area contributed by atoms with Crippen molar-refractivity contribution >= 4 is 28.3 Å². The molecule has 156 valence electrons. The number of benzene rings is 2. The van der Waals surface area contributed by atoms with E-state index in [1.54, 1.807) is 12.1 Å². The molecule has 0 saturated heterocycles. The minimum absolute atomic E-state index is 0.00951. The molecule has 0 amide bonds. The lowest BCUT2D eigenvalue weighted by molar-refractivity contribution is 0.0752. The topological polar surface area (TPSA) is 67.5 Å². The largest absolute Gasteiger partial charge is 0.489 e. The van der Waals surface area contributed by atoms with Gasteiger partial charge in [0.25, 0.3) is 0 Å². The highest BCUT2D eigenvalue weighted by Gasteiger charge is 2.45. The maximum absolute atomic E-state index is 14.8. The molecule has 2 unspecified atom stereocenters. The van der Waals surface area contributed by atoms with Crippen LogP contribution in [0.15, 0.2) is 24.3 Å². The van der Waals surface area contributed by atoms with E-state index in [9.17, 15) is 18.3 Å². The SMILES string of the molecule is NC1CC2(CC2)CNc2c(cc(F)c(F)c2Cc2ccc(I)cc2F)OCC1O. The lowest BCUT2D eigenvalue weighted by Crippen LogP contribution is -2.42. The summed E-state index contributed by atoms with van der Waals surface area (Å²) in [4.78, 5) is 0. The summed E-state index contributed by atoms with van der Waals surface area (Å²) < 4.78 is 49.8. The molecule has 2 aromatic carbocycles. The number of hydrogen-bond acceptors (Lipinski definition) is 4. The Morgan fingerprint density at radius 3 is 2.66 bits per heavy atom. The average molecular weight is 518 g/mol. The molecule has 4 N–H and O–H groups in total. The van der Waals surface area contributed by atoms with Crippen LogP contribution in [0, 0.1) is 26.4 Å². The zero-order valence-electron chi connectivity index (χ0n) is 15.7. The van der Waals surface area contributed by atoms with E-state index in [2.05, 4.69) is 5.32 Å². The van der Waals surface area contributed by atoms with Gasteiger partial charge in [-0.1, -0.05) is 6.07 Å². The first-order valence-electron chi connectivity index (χ1n) is 9.53. The second-order valence-corrected chi connectivity index (χ2v) is 9.28. The van der Waals surface area contributed by atoms with E-state index >= 15 is 0 Å². The summed E-state index contributed by atoms with van der Waals surface area (Å²) in [6.07, 6.45) is 1.47. The number of nitrogens with one attached hydrogen (secondary N) is 1. The molecule has 4 nitrogen and oxygen atoms in total. The van der Waals surface area contributed by atoms with Crippen LogP contribution in [0.3, 0.4) is 0 Å². The molecule has 29 heavy (non-hydrogen) atoms. The number of aliphatic hydroxyl groups is 1. The van der Waals surface area contributed by atoms with E-state index in [0.717, 1.165) is 18.9 Å². The Bertz CT molecular complexity index is 937. The van der Waals surface area contributed by atoms with Crippen LogP contribution in [-0.2, 0) is 6.42 Å². The fourth-order valence-electron chi connectivity index (χ4n) is 3.82. The predicted molar refractivity (Wildman–Crippen MR) is 113 cm³/mol. The number of halogens is 4. The molecule has 1 saturated carbocycles. The normalized spacial score (nSPS) is 23.1. The number of aliphatic hydroxyl groups excluding tert-OH is 1. The zero-order chi connectivity index (χ0) is 20.8. The van der Waals surface area contributed by atoms with Crippen molar-refractivity contribution in [3.8, 4) is 5.75 Å². The lowest BCUT2D eigenvalue weighted by atomic mass is 9.93. The summed E-state index contributed by atoms with van der Waals surface area (Å²) in [6, 6.07) is 5.15. The molecule has 2 aliphatic rings. The third-order valence-corrected chi connectivity index (χ3v) is 6.50. The fraction of sp³-hybridized carbons (Fsp3) is 0.429. The monoisotopic (exact) mass is 518 g/mol. The van der Waals surface area contributed by atoms with Gasteiger partial charge in [-0.15, -0.1) is 0 Å². The van der Waals surface area contributed by atoms with Gasteiger partial charge in [0.05, 0.1) is 5.69 Å². The number of nitrogens with two attached hydrogens (primary N) is 1. The van der Waals surface area contributed by atoms with Crippen molar-refractivity contribution in [3.05, 3.63) is 56.4 Å². The van der Waals surface area contributed by atoms with Gasteiger partial charge in [-0.2, -0.15) is 0 Å². The van der Waals surface area contributed by atoms with E-state index in [4.69, 9.17) is 10.5 Å². The van der Waals surface area contributed by atoms with Crippen LogP contribution in [0.2, 0.25) is 0 Å². The van der Waals surface area contributed by atoms with Crippen LogP contribution < -0.4 is 15.8 Å². The van der Waals surface area contributed by atoms with Gasteiger partial charge in [0.15, 0.2) is 11.6 Å². The number of hydrogen-bond donors (Lipinski definition) is 3. The molecule has 0 aromatic heterocycles. The molecule has 1 spiro atoms. The zero-order valence-corrected chi connectivity index (χ0v) is 17.8. The minimum Gasteiger partial charge on any atom is -0.489 e. The first-order chi connectivity index (χ1) is 13.8. The maximum atomic E-state index is 14.8. The van der Waals surface area contributed by atoms with E-state index in [1.807, 2.05) is 22.6 Å². The minimum atomic E-state index is -1.08. The van der Waals surface area contributed by atoms with Crippen molar-refractivity contribution < 1.29 is 23.0 Å². The molecule has 1 aliphatic carbocycles. The van der Waals surface area contributed by atoms with Crippen LogP contribution in [0.4, 0.5) is 18.9 Å². The van der Waals surface area contributed by atoms with Crippen molar-refractivity contribution in [2.24, 2.45) is 11.1 Å². The van der Waals surface area contributed by atoms with Gasteiger partial charge in [-0.25, -0.2) is 13.2 Å². The Morgan fingerprint density at radius 1 is 1.21 bits per heavy atom. The molecular weight excluding hydrogens is 496 g/mol. The standard InChI is InChI=1S/C21H22F3IN2O2/c22-14-6-12(25)2-1-11(14)5-13-19(24)15(23)7-18-20(13)27-10-21(3-4-21)8-16(26)17(28)9-29-18/h1-2,6-7,16-17,27-28H,3-5,8-10,26H2. The number of anilines is 1. The highest BCUT2D eigenvalue weighted by molar-refractivity contribution is 14.1. The quantitative estimate of drug-likeness (QED) is 0.527. The molecule has 2 aromatic rings. The smallest absolute Gasteiger partial charge is 0.164 e. The summed E-state index contributed by atoms with van der Waals surface area (Å²) in [7, 11) is 0. The van der Waals surface area contributed by atoms with Crippen molar-refractivity contribution in [1.29, 1.82) is 0 Å². The van der Waals surface area contributed by atoms with Gasteiger partial charge in [0.2, 0.25) is 0 Å². The van der Waals surface area contributed by atoms with Crippen molar-refractivity contribution in [1.82, 2.24) is 0 Å². The van der Waals surface area contributed by atoms with E-state index in [-0.39, 0.29) is 35.3 Å². The van der Waals surface area contributed by atoms with Crippen LogP contribution >= 0.6 is 22.6 Å². The average Bonchev–Trinajstić information content (AvgIpc) is 3.43. The van der Waals surface area contributed by atoms with E-state index < -0.39 is 29.6 Å². The maximum Gasteiger partial charge on any atom is 0.164 e. The van der Waals surface area contributed by atoms with Crippen LogP contribution in [0.25, 0.3) is 0 Å². The third-order valence-electron chi connectivity index (χ3n) is 5.83. The summed E-state index contributed by atoms with van der Waals surface area (Å²) in [5.41, 5.74) is 6.58. The highest BCUT2D eigenvalue weighted by Crippen LogP contribution is 2.50. The first-order valence-corrected chi connectivity index (χ1v) is 10.6. The summed E-state index contributed by atoms with van der Waals surface area (Å²) in [5.74, 6) is -2.50. The molecule has 0 bridgehead atoms. The Labute approximate surface area is 180 Å². The molecule has 4 rings (SSSR count).